The lowest BCUT2D eigenvalue weighted by Crippen LogP contribution is -2.46. The van der Waals surface area contributed by atoms with Crippen molar-refractivity contribution < 1.29 is 0 Å². The summed E-state index contributed by atoms with van der Waals surface area (Å²) in [5.74, 6) is 0. The minimum atomic E-state index is 0.915. The van der Waals surface area contributed by atoms with Crippen molar-refractivity contribution in [1.82, 2.24) is 14.8 Å². The van der Waals surface area contributed by atoms with Crippen LogP contribution in [0, 0.1) is 0 Å². The quantitative estimate of drug-likeness (QED) is 0.870. The first-order valence-corrected chi connectivity index (χ1v) is 6.94. The third kappa shape index (κ3) is 2.82. The molecule has 3 rings (SSSR count). The van der Waals surface area contributed by atoms with Crippen LogP contribution in [0.25, 0.3) is 0 Å². The molecule has 0 bridgehead atoms. The lowest BCUT2D eigenvalue weighted by Gasteiger charge is -2.34. The van der Waals surface area contributed by atoms with Crippen molar-refractivity contribution >= 4 is 5.69 Å². The molecule has 0 unspecified atom stereocenters. The van der Waals surface area contributed by atoms with Gasteiger partial charge in [0.1, 0.15) is 0 Å². The molecule has 2 aliphatic rings. The van der Waals surface area contributed by atoms with Gasteiger partial charge in [-0.2, -0.15) is 0 Å². The lowest BCUT2D eigenvalue weighted by atomic mass is 10.2. The standard InChI is InChI=1S/C14H22N4/c1-15-12-4-5-16-13(10-12)11-17-6-8-18(9-7-17)14-2-3-14/h4-5,10,14H,2-3,6-9,11H2,1H3,(H,15,16). The third-order valence-corrected chi connectivity index (χ3v) is 3.96. The molecular formula is C14H22N4. The van der Waals surface area contributed by atoms with Crippen LogP contribution in [0.3, 0.4) is 0 Å². The van der Waals surface area contributed by atoms with Gasteiger partial charge in [-0.15, -0.1) is 0 Å². The normalized spacial score (nSPS) is 22.1. The second-order valence-electron chi connectivity index (χ2n) is 5.33. The van der Waals surface area contributed by atoms with Gasteiger partial charge >= 0.3 is 0 Å². The van der Waals surface area contributed by atoms with E-state index >= 15 is 0 Å². The van der Waals surface area contributed by atoms with Crippen LogP contribution in [0.4, 0.5) is 5.69 Å². The molecule has 1 saturated carbocycles. The average molecular weight is 246 g/mol. The van der Waals surface area contributed by atoms with Gasteiger partial charge in [-0.3, -0.25) is 14.8 Å². The number of hydrogen-bond donors (Lipinski definition) is 1. The van der Waals surface area contributed by atoms with Crippen molar-refractivity contribution in [2.45, 2.75) is 25.4 Å². The van der Waals surface area contributed by atoms with Crippen molar-refractivity contribution in [3.05, 3.63) is 24.0 Å². The van der Waals surface area contributed by atoms with Crippen LogP contribution in [0.1, 0.15) is 18.5 Å². The van der Waals surface area contributed by atoms with E-state index in [0.717, 1.165) is 18.3 Å². The minimum Gasteiger partial charge on any atom is -0.388 e. The average Bonchev–Trinajstić information content (AvgIpc) is 3.24. The second kappa shape index (κ2) is 5.24. The van der Waals surface area contributed by atoms with E-state index in [1.165, 1.54) is 44.7 Å². The van der Waals surface area contributed by atoms with Crippen LogP contribution in [0.15, 0.2) is 18.3 Å². The molecule has 98 valence electrons. The van der Waals surface area contributed by atoms with Crippen molar-refractivity contribution in [2.75, 3.05) is 38.5 Å². The van der Waals surface area contributed by atoms with E-state index in [9.17, 15) is 0 Å². The molecule has 0 atom stereocenters. The van der Waals surface area contributed by atoms with Gasteiger partial charge in [-0.05, 0) is 25.0 Å². The fraction of sp³-hybridized carbons (Fsp3) is 0.643. The molecule has 1 aromatic heterocycles. The zero-order valence-corrected chi connectivity index (χ0v) is 11.1. The molecule has 0 spiro atoms. The van der Waals surface area contributed by atoms with E-state index in [1.807, 2.05) is 19.3 Å². The summed E-state index contributed by atoms with van der Waals surface area (Å²) in [4.78, 5) is 9.61. The zero-order chi connectivity index (χ0) is 12.4. The smallest absolute Gasteiger partial charge is 0.0564 e. The van der Waals surface area contributed by atoms with Gasteiger partial charge in [-0.25, -0.2) is 0 Å². The number of nitrogens with one attached hydrogen (secondary N) is 1. The van der Waals surface area contributed by atoms with Crippen LogP contribution in [0.2, 0.25) is 0 Å². The van der Waals surface area contributed by atoms with Crippen molar-refractivity contribution in [3.63, 3.8) is 0 Å². The number of anilines is 1. The Hall–Kier alpha value is -1.13. The second-order valence-corrected chi connectivity index (χ2v) is 5.33. The highest BCUT2D eigenvalue weighted by molar-refractivity contribution is 5.42. The lowest BCUT2D eigenvalue weighted by molar-refractivity contribution is 0.120. The molecule has 1 saturated heterocycles. The van der Waals surface area contributed by atoms with Crippen LogP contribution >= 0.6 is 0 Å². The molecule has 1 N–H and O–H groups in total. The molecule has 1 aromatic rings. The van der Waals surface area contributed by atoms with Gasteiger partial charge in [0.2, 0.25) is 0 Å². The summed E-state index contributed by atoms with van der Waals surface area (Å²) < 4.78 is 0. The van der Waals surface area contributed by atoms with Gasteiger partial charge in [-0.1, -0.05) is 0 Å². The fourth-order valence-corrected chi connectivity index (χ4v) is 2.68. The van der Waals surface area contributed by atoms with Gasteiger partial charge in [0, 0.05) is 57.7 Å². The van der Waals surface area contributed by atoms with Gasteiger partial charge in [0.15, 0.2) is 0 Å². The third-order valence-electron chi connectivity index (χ3n) is 3.96. The number of rotatable bonds is 4. The first kappa shape index (κ1) is 11.9. The highest BCUT2D eigenvalue weighted by Gasteiger charge is 2.31. The highest BCUT2D eigenvalue weighted by Crippen LogP contribution is 2.27. The molecule has 1 aliphatic carbocycles. The van der Waals surface area contributed by atoms with Crippen LogP contribution < -0.4 is 5.32 Å². The Bertz CT molecular complexity index is 395. The first-order valence-electron chi connectivity index (χ1n) is 6.94. The summed E-state index contributed by atoms with van der Waals surface area (Å²) in [6, 6.07) is 5.07. The van der Waals surface area contributed by atoms with Gasteiger partial charge < -0.3 is 5.32 Å². The first-order chi connectivity index (χ1) is 8.85. The topological polar surface area (TPSA) is 31.4 Å². The monoisotopic (exact) mass is 246 g/mol. The number of pyridine rings is 1. The van der Waals surface area contributed by atoms with Crippen LogP contribution in [-0.4, -0.2) is 54.1 Å². The van der Waals surface area contributed by atoms with Gasteiger partial charge in [0.05, 0.1) is 5.69 Å². The number of hydrogen-bond acceptors (Lipinski definition) is 4. The summed E-state index contributed by atoms with van der Waals surface area (Å²) in [6.45, 7) is 5.81. The molecule has 0 aromatic carbocycles. The molecule has 4 heteroatoms. The molecule has 2 fully saturated rings. The summed E-state index contributed by atoms with van der Waals surface area (Å²) in [5.41, 5.74) is 2.32. The minimum absolute atomic E-state index is 0.915. The molecular weight excluding hydrogens is 224 g/mol. The Morgan fingerprint density at radius 1 is 1.28 bits per heavy atom. The number of nitrogens with zero attached hydrogens (tertiary/aromatic N) is 3. The van der Waals surface area contributed by atoms with E-state index in [-0.39, 0.29) is 0 Å². The van der Waals surface area contributed by atoms with E-state index in [1.54, 1.807) is 0 Å². The maximum absolute atomic E-state index is 4.45. The van der Waals surface area contributed by atoms with Crippen LogP contribution in [-0.2, 0) is 6.54 Å². The Morgan fingerprint density at radius 2 is 2.06 bits per heavy atom. The number of aromatic nitrogens is 1. The van der Waals surface area contributed by atoms with Crippen LogP contribution in [0.5, 0.6) is 0 Å². The van der Waals surface area contributed by atoms with E-state index < -0.39 is 0 Å². The maximum Gasteiger partial charge on any atom is 0.0564 e. The Kier molecular flexibility index (Phi) is 3.48. The molecule has 0 amide bonds. The zero-order valence-electron chi connectivity index (χ0n) is 11.1. The summed E-state index contributed by atoms with van der Waals surface area (Å²) in [7, 11) is 1.95. The molecule has 1 aliphatic heterocycles. The summed E-state index contributed by atoms with van der Waals surface area (Å²) in [5, 5.41) is 3.17. The molecule has 0 radical (unpaired) electrons. The largest absolute Gasteiger partial charge is 0.388 e. The SMILES string of the molecule is CNc1ccnc(CN2CCN(C3CC3)CC2)c1. The predicted molar refractivity (Wildman–Crippen MR) is 73.7 cm³/mol. The van der Waals surface area contributed by atoms with Crippen molar-refractivity contribution in [2.24, 2.45) is 0 Å². The molecule has 2 heterocycles. The Morgan fingerprint density at radius 3 is 2.72 bits per heavy atom. The van der Waals surface area contributed by atoms with E-state index in [2.05, 4.69) is 26.2 Å². The van der Waals surface area contributed by atoms with E-state index in [4.69, 9.17) is 0 Å². The Labute approximate surface area is 109 Å². The molecule has 18 heavy (non-hydrogen) atoms. The van der Waals surface area contributed by atoms with Gasteiger partial charge in [0.25, 0.3) is 0 Å². The molecule has 4 nitrogen and oxygen atoms in total. The van der Waals surface area contributed by atoms with Crippen molar-refractivity contribution in [1.29, 1.82) is 0 Å². The Balaban J connectivity index is 1.53. The predicted octanol–water partition coefficient (Wildman–Crippen LogP) is 1.40. The van der Waals surface area contributed by atoms with E-state index in [0.29, 0.717) is 0 Å². The fourth-order valence-electron chi connectivity index (χ4n) is 2.68. The highest BCUT2D eigenvalue weighted by atomic mass is 15.3. The van der Waals surface area contributed by atoms with Crippen molar-refractivity contribution in [3.8, 4) is 0 Å². The summed E-state index contributed by atoms with van der Waals surface area (Å²) >= 11 is 0. The maximum atomic E-state index is 4.45. The number of piperazine rings is 1. The summed E-state index contributed by atoms with van der Waals surface area (Å²) in [6.07, 6.45) is 4.74.